The first-order chi connectivity index (χ1) is 12.4. The van der Waals surface area contributed by atoms with Crippen LogP contribution in [0.3, 0.4) is 0 Å². The molecule has 0 saturated heterocycles. The Morgan fingerprint density at radius 2 is 1.96 bits per heavy atom. The van der Waals surface area contributed by atoms with E-state index in [1.165, 1.54) is 12.1 Å². The maximum Gasteiger partial charge on any atom is 0.315 e. The number of carbonyl (C=O) groups excluding carboxylic acids is 1. The van der Waals surface area contributed by atoms with E-state index >= 15 is 0 Å². The Balaban J connectivity index is 1.94. The van der Waals surface area contributed by atoms with Gasteiger partial charge in [0.15, 0.2) is 0 Å². The molecule has 0 aliphatic heterocycles. The predicted molar refractivity (Wildman–Crippen MR) is 101 cm³/mol. The smallest absolute Gasteiger partial charge is 0.315 e. The second-order valence-electron chi connectivity index (χ2n) is 6.03. The van der Waals surface area contributed by atoms with E-state index in [-0.39, 0.29) is 23.6 Å². The highest BCUT2D eigenvalue weighted by Crippen LogP contribution is 2.27. The normalized spacial score (nSPS) is 11.9. The molecule has 0 aliphatic rings. The minimum absolute atomic E-state index is 0.0357. The SMILES string of the molecule is COc1ccccc1C(CNC(=O)NCc1ccc(F)c(Cl)c1)N(C)C. The molecule has 0 saturated carbocycles. The van der Waals surface area contributed by atoms with Gasteiger partial charge in [-0.25, -0.2) is 9.18 Å². The van der Waals surface area contributed by atoms with Crippen LogP contribution in [-0.4, -0.2) is 38.7 Å². The lowest BCUT2D eigenvalue weighted by Gasteiger charge is -2.26. The van der Waals surface area contributed by atoms with E-state index in [0.717, 1.165) is 16.9 Å². The van der Waals surface area contributed by atoms with Gasteiger partial charge < -0.3 is 20.3 Å². The maximum atomic E-state index is 13.2. The number of nitrogens with one attached hydrogen (secondary N) is 2. The van der Waals surface area contributed by atoms with Crippen LogP contribution in [0, 0.1) is 5.82 Å². The van der Waals surface area contributed by atoms with Crippen molar-refractivity contribution < 1.29 is 13.9 Å². The molecular formula is C19H23ClFN3O2. The van der Waals surface area contributed by atoms with Crippen molar-refractivity contribution in [1.82, 2.24) is 15.5 Å². The highest BCUT2D eigenvalue weighted by atomic mass is 35.5. The number of halogens is 2. The van der Waals surface area contributed by atoms with Crippen LogP contribution in [0.1, 0.15) is 17.2 Å². The third-order valence-electron chi connectivity index (χ3n) is 4.01. The number of benzene rings is 2. The first kappa shape index (κ1) is 20.0. The Hall–Kier alpha value is -2.31. The molecule has 7 heteroatoms. The summed E-state index contributed by atoms with van der Waals surface area (Å²) in [6.07, 6.45) is 0. The first-order valence-corrected chi connectivity index (χ1v) is 8.55. The maximum absolute atomic E-state index is 13.2. The summed E-state index contributed by atoms with van der Waals surface area (Å²) in [4.78, 5) is 14.1. The molecule has 0 spiro atoms. The van der Waals surface area contributed by atoms with Gasteiger partial charge in [-0.3, -0.25) is 0 Å². The molecule has 2 N–H and O–H groups in total. The fourth-order valence-electron chi connectivity index (χ4n) is 2.60. The van der Waals surface area contributed by atoms with Crippen molar-refractivity contribution in [1.29, 1.82) is 0 Å². The molecule has 5 nitrogen and oxygen atoms in total. The summed E-state index contributed by atoms with van der Waals surface area (Å²) >= 11 is 5.74. The molecule has 2 aromatic rings. The molecule has 2 amide bonds. The van der Waals surface area contributed by atoms with E-state index in [0.29, 0.717) is 6.54 Å². The molecule has 0 aliphatic carbocycles. The Kier molecular flexibility index (Phi) is 7.24. The number of carbonyl (C=O) groups is 1. The number of para-hydroxylation sites is 1. The summed E-state index contributed by atoms with van der Waals surface area (Å²) in [5.74, 6) is 0.292. The zero-order chi connectivity index (χ0) is 19.1. The van der Waals surface area contributed by atoms with Crippen LogP contribution in [0.2, 0.25) is 5.02 Å². The van der Waals surface area contributed by atoms with Crippen molar-refractivity contribution in [3.63, 3.8) is 0 Å². The first-order valence-electron chi connectivity index (χ1n) is 8.17. The standard InChI is InChI=1S/C19H23ClFN3O2/c1-24(2)17(14-6-4-5-7-18(14)26-3)12-23-19(25)22-11-13-8-9-16(21)15(20)10-13/h4-10,17H,11-12H2,1-3H3,(H2,22,23,25). The van der Waals surface area contributed by atoms with Gasteiger partial charge in [-0.2, -0.15) is 0 Å². The molecule has 140 valence electrons. The summed E-state index contributed by atoms with van der Waals surface area (Å²) in [7, 11) is 5.51. The monoisotopic (exact) mass is 379 g/mol. The quantitative estimate of drug-likeness (QED) is 0.773. The van der Waals surface area contributed by atoms with Crippen LogP contribution in [-0.2, 0) is 6.54 Å². The summed E-state index contributed by atoms with van der Waals surface area (Å²) in [6, 6.07) is 11.7. The molecule has 1 atom stereocenters. The molecule has 0 aromatic heterocycles. The molecule has 0 radical (unpaired) electrons. The zero-order valence-electron chi connectivity index (χ0n) is 15.1. The molecule has 2 rings (SSSR count). The number of likely N-dealkylation sites (N-methyl/N-ethyl adjacent to an activating group) is 1. The Bertz CT molecular complexity index is 755. The molecule has 1 unspecified atom stereocenters. The van der Waals surface area contributed by atoms with Gasteiger partial charge in [-0.1, -0.05) is 35.9 Å². The number of rotatable bonds is 7. The highest BCUT2D eigenvalue weighted by molar-refractivity contribution is 6.30. The van der Waals surface area contributed by atoms with Crippen molar-refractivity contribution in [2.75, 3.05) is 27.7 Å². The third kappa shape index (κ3) is 5.34. The van der Waals surface area contributed by atoms with Gasteiger partial charge in [-0.05, 0) is 37.9 Å². The average molecular weight is 380 g/mol. The lowest BCUT2D eigenvalue weighted by Crippen LogP contribution is -2.40. The van der Waals surface area contributed by atoms with Crippen LogP contribution in [0.15, 0.2) is 42.5 Å². The van der Waals surface area contributed by atoms with Crippen LogP contribution < -0.4 is 15.4 Å². The molecule has 2 aromatic carbocycles. The topological polar surface area (TPSA) is 53.6 Å². The summed E-state index contributed by atoms with van der Waals surface area (Å²) < 4.78 is 18.6. The van der Waals surface area contributed by atoms with E-state index in [2.05, 4.69) is 10.6 Å². The van der Waals surface area contributed by atoms with E-state index in [4.69, 9.17) is 16.3 Å². The summed E-state index contributed by atoms with van der Waals surface area (Å²) in [5.41, 5.74) is 1.71. The molecule has 26 heavy (non-hydrogen) atoms. The average Bonchev–Trinajstić information content (AvgIpc) is 2.63. The van der Waals surface area contributed by atoms with Gasteiger partial charge in [0, 0.05) is 18.7 Å². The minimum Gasteiger partial charge on any atom is -0.496 e. The second kappa shape index (κ2) is 9.40. The van der Waals surface area contributed by atoms with Gasteiger partial charge >= 0.3 is 6.03 Å². The van der Waals surface area contributed by atoms with E-state index in [1.807, 2.05) is 43.3 Å². The van der Waals surface area contributed by atoms with Gasteiger partial charge in [0.1, 0.15) is 11.6 Å². The number of methoxy groups -OCH3 is 1. The molecule has 0 heterocycles. The molecule has 0 fully saturated rings. The molecule has 0 bridgehead atoms. The minimum atomic E-state index is -0.481. The van der Waals surface area contributed by atoms with E-state index in [9.17, 15) is 9.18 Å². The zero-order valence-corrected chi connectivity index (χ0v) is 15.8. The van der Waals surface area contributed by atoms with Gasteiger partial charge in [-0.15, -0.1) is 0 Å². The Labute approximate surface area is 158 Å². The van der Waals surface area contributed by atoms with Gasteiger partial charge in [0.25, 0.3) is 0 Å². The molecular weight excluding hydrogens is 357 g/mol. The van der Waals surface area contributed by atoms with Gasteiger partial charge in [0.2, 0.25) is 0 Å². The highest BCUT2D eigenvalue weighted by Gasteiger charge is 2.18. The van der Waals surface area contributed by atoms with Crippen molar-refractivity contribution in [3.05, 3.63) is 64.4 Å². The largest absolute Gasteiger partial charge is 0.496 e. The lowest BCUT2D eigenvalue weighted by molar-refractivity contribution is 0.231. The number of hydrogen-bond acceptors (Lipinski definition) is 3. The third-order valence-corrected chi connectivity index (χ3v) is 4.30. The van der Waals surface area contributed by atoms with Crippen LogP contribution in [0.5, 0.6) is 5.75 Å². The number of urea groups is 1. The lowest BCUT2D eigenvalue weighted by atomic mass is 10.0. The van der Waals surface area contributed by atoms with Crippen molar-refractivity contribution in [2.45, 2.75) is 12.6 Å². The van der Waals surface area contributed by atoms with Gasteiger partial charge in [0.05, 0.1) is 18.2 Å². The Morgan fingerprint density at radius 1 is 1.23 bits per heavy atom. The fourth-order valence-corrected chi connectivity index (χ4v) is 2.80. The predicted octanol–water partition coefficient (Wildman–Crippen LogP) is 3.59. The van der Waals surface area contributed by atoms with Crippen LogP contribution >= 0.6 is 11.6 Å². The number of amides is 2. The Morgan fingerprint density at radius 3 is 2.62 bits per heavy atom. The van der Waals surface area contributed by atoms with Crippen LogP contribution in [0.25, 0.3) is 0 Å². The van der Waals surface area contributed by atoms with E-state index < -0.39 is 5.82 Å². The number of hydrogen-bond donors (Lipinski definition) is 2. The number of nitrogens with zero attached hydrogens (tertiary/aromatic N) is 1. The fraction of sp³-hybridized carbons (Fsp3) is 0.316. The van der Waals surface area contributed by atoms with Crippen molar-refractivity contribution in [2.24, 2.45) is 0 Å². The second-order valence-corrected chi connectivity index (χ2v) is 6.44. The summed E-state index contributed by atoms with van der Waals surface area (Å²) in [6.45, 7) is 0.663. The number of ether oxygens (including phenoxy) is 1. The van der Waals surface area contributed by atoms with E-state index in [1.54, 1.807) is 13.2 Å². The van der Waals surface area contributed by atoms with Crippen molar-refractivity contribution in [3.8, 4) is 5.75 Å². The van der Waals surface area contributed by atoms with Crippen LogP contribution in [0.4, 0.5) is 9.18 Å². The summed E-state index contributed by atoms with van der Waals surface area (Å²) in [5, 5.41) is 5.63. The van der Waals surface area contributed by atoms with Crippen molar-refractivity contribution >= 4 is 17.6 Å².